The largest absolute Gasteiger partial charge is 0.505 e. The summed E-state index contributed by atoms with van der Waals surface area (Å²) in [6, 6.07) is 2.16. The SMILES string of the molecule is CC(C=CC1=C(C)CCCC1(C)C)=CC=CC(C)=CC(=O)Nc1c(C(N)=O)ccc(O)c1F. The number of phenolic OH excluding ortho intramolecular Hbond substituents is 1. The average Bonchev–Trinajstić information content (AvgIpc) is 2.70. The van der Waals surface area contributed by atoms with Gasteiger partial charge in [0.05, 0.1) is 11.3 Å². The second kappa shape index (κ2) is 10.9. The van der Waals surface area contributed by atoms with Crippen molar-refractivity contribution >= 4 is 17.5 Å². The van der Waals surface area contributed by atoms with Crippen LogP contribution in [0.15, 0.2) is 70.9 Å². The molecule has 0 spiro atoms. The number of halogens is 1. The third-order valence-electron chi connectivity index (χ3n) is 5.77. The van der Waals surface area contributed by atoms with Crippen molar-refractivity contribution in [2.24, 2.45) is 11.1 Å². The van der Waals surface area contributed by atoms with Gasteiger partial charge in [-0.1, -0.05) is 55.4 Å². The molecule has 0 heterocycles. The van der Waals surface area contributed by atoms with Gasteiger partial charge in [-0.15, -0.1) is 0 Å². The number of anilines is 1. The molecule has 176 valence electrons. The first-order valence-electron chi connectivity index (χ1n) is 11.0. The maximum absolute atomic E-state index is 14.2. The summed E-state index contributed by atoms with van der Waals surface area (Å²) in [5.74, 6) is -3.36. The molecule has 0 saturated carbocycles. The van der Waals surface area contributed by atoms with Crippen LogP contribution in [0.25, 0.3) is 0 Å². The van der Waals surface area contributed by atoms with Crippen LogP contribution in [0.2, 0.25) is 0 Å². The van der Waals surface area contributed by atoms with Crippen LogP contribution in [-0.2, 0) is 4.79 Å². The molecule has 5 nitrogen and oxygen atoms in total. The smallest absolute Gasteiger partial charge is 0.250 e. The second-order valence-corrected chi connectivity index (χ2v) is 9.10. The summed E-state index contributed by atoms with van der Waals surface area (Å²) < 4.78 is 14.2. The number of allylic oxidation sites excluding steroid dienone is 9. The Morgan fingerprint density at radius 2 is 1.88 bits per heavy atom. The monoisotopic (exact) mass is 452 g/mol. The minimum atomic E-state index is -1.11. The predicted octanol–water partition coefficient (Wildman–Crippen LogP) is 6.10. The van der Waals surface area contributed by atoms with Gasteiger partial charge in [0.1, 0.15) is 0 Å². The van der Waals surface area contributed by atoms with E-state index >= 15 is 0 Å². The van der Waals surface area contributed by atoms with Crippen LogP contribution in [-0.4, -0.2) is 16.9 Å². The highest BCUT2D eigenvalue weighted by molar-refractivity contribution is 6.06. The Balaban J connectivity index is 2.08. The van der Waals surface area contributed by atoms with Crippen LogP contribution in [0.1, 0.15) is 64.2 Å². The van der Waals surface area contributed by atoms with Crippen LogP contribution in [0.5, 0.6) is 5.75 Å². The Morgan fingerprint density at radius 1 is 1.18 bits per heavy atom. The summed E-state index contributed by atoms with van der Waals surface area (Å²) in [5, 5.41) is 11.8. The highest BCUT2D eigenvalue weighted by atomic mass is 19.1. The molecule has 1 aromatic carbocycles. The summed E-state index contributed by atoms with van der Waals surface area (Å²) in [7, 11) is 0. The summed E-state index contributed by atoms with van der Waals surface area (Å²) in [5.41, 5.74) is 9.26. The normalized spacial score (nSPS) is 17.2. The molecule has 0 bridgehead atoms. The zero-order valence-corrected chi connectivity index (χ0v) is 20.0. The van der Waals surface area contributed by atoms with Gasteiger partial charge >= 0.3 is 0 Å². The predicted molar refractivity (Wildman–Crippen MR) is 131 cm³/mol. The average molecular weight is 453 g/mol. The lowest BCUT2D eigenvalue weighted by molar-refractivity contribution is -0.112. The zero-order chi connectivity index (χ0) is 24.8. The lowest BCUT2D eigenvalue weighted by Gasteiger charge is -2.32. The molecule has 0 aromatic heterocycles. The molecule has 0 radical (unpaired) electrons. The van der Waals surface area contributed by atoms with E-state index in [1.807, 2.05) is 19.1 Å². The molecular formula is C27H33FN2O3. The summed E-state index contributed by atoms with van der Waals surface area (Å²) in [6.07, 6.45) is 14.6. The van der Waals surface area contributed by atoms with Crippen molar-refractivity contribution in [2.75, 3.05) is 5.32 Å². The molecule has 6 heteroatoms. The summed E-state index contributed by atoms with van der Waals surface area (Å²) in [4.78, 5) is 23.8. The third kappa shape index (κ3) is 7.04. The van der Waals surface area contributed by atoms with Crippen LogP contribution >= 0.6 is 0 Å². The molecule has 2 rings (SSSR count). The Morgan fingerprint density at radius 3 is 2.52 bits per heavy atom. The number of aromatic hydroxyl groups is 1. The lowest BCUT2D eigenvalue weighted by Crippen LogP contribution is -2.19. The van der Waals surface area contributed by atoms with Crippen LogP contribution in [0.3, 0.4) is 0 Å². The zero-order valence-electron chi connectivity index (χ0n) is 20.0. The molecule has 0 aliphatic heterocycles. The van der Waals surface area contributed by atoms with Crippen molar-refractivity contribution < 1.29 is 19.1 Å². The molecule has 0 saturated heterocycles. The first-order chi connectivity index (χ1) is 15.4. The van der Waals surface area contributed by atoms with E-state index in [4.69, 9.17) is 5.73 Å². The van der Waals surface area contributed by atoms with Crippen molar-refractivity contribution in [1.82, 2.24) is 0 Å². The van der Waals surface area contributed by atoms with Gasteiger partial charge in [-0.3, -0.25) is 9.59 Å². The van der Waals surface area contributed by atoms with Gasteiger partial charge < -0.3 is 16.2 Å². The van der Waals surface area contributed by atoms with E-state index in [0.717, 1.165) is 24.1 Å². The molecule has 0 unspecified atom stereocenters. The van der Waals surface area contributed by atoms with Gasteiger partial charge in [-0.2, -0.15) is 0 Å². The lowest BCUT2D eigenvalue weighted by atomic mass is 9.72. The quantitative estimate of drug-likeness (QED) is 0.345. The molecule has 33 heavy (non-hydrogen) atoms. The summed E-state index contributed by atoms with van der Waals surface area (Å²) in [6.45, 7) is 10.5. The molecule has 0 fully saturated rings. The highest BCUT2D eigenvalue weighted by Gasteiger charge is 2.26. The number of carbonyl (C=O) groups is 2. The van der Waals surface area contributed by atoms with E-state index < -0.39 is 29.1 Å². The Bertz CT molecular complexity index is 1090. The first kappa shape index (κ1) is 25.8. The van der Waals surface area contributed by atoms with Crippen molar-refractivity contribution in [2.45, 2.75) is 53.9 Å². The number of nitrogens with one attached hydrogen (secondary N) is 1. The van der Waals surface area contributed by atoms with E-state index in [1.54, 1.807) is 13.0 Å². The minimum Gasteiger partial charge on any atom is -0.505 e. The van der Waals surface area contributed by atoms with Gasteiger partial charge in [0.2, 0.25) is 5.91 Å². The topological polar surface area (TPSA) is 92.4 Å². The van der Waals surface area contributed by atoms with Crippen molar-refractivity contribution in [1.29, 1.82) is 0 Å². The summed E-state index contributed by atoms with van der Waals surface area (Å²) >= 11 is 0. The van der Waals surface area contributed by atoms with Crippen LogP contribution < -0.4 is 11.1 Å². The minimum absolute atomic E-state index is 0.186. The fourth-order valence-corrected chi connectivity index (χ4v) is 3.94. The first-order valence-corrected chi connectivity index (χ1v) is 11.0. The number of benzene rings is 1. The number of amides is 2. The van der Waals surface area contributed by atoms with Gasteiger partial charge in [-0.05, 0) is 68.7 Å². The number of carbonyl (C=O) groups excluding carboxylic acids is 2. The van der Waals surface area contributed by atoms with E-state index in [1.165, 1.54) is 30.1 Å². The fourth-order valence-electron chi connectivity index (χ4n) is 3.94. The molecular weight excluding hydrogens is 419 g/mol. The van der Waals surface area contributed by atoms with Crippen LogP contribution in [0.4, 0.5) is 10.1 Å². The van der Waals surface area contributed by atoms with Crippen LogP contribution in [0, 0.1) is 11.2 Å². The Labute approximate surface area is 195 Å². The number of rotatable bonds is 7. The third-order valence-corrected chi connectivity index (χ3v) is 5.77. The van der Waals surface area contributed by atoms with E-state index in [0.29, 0.717) is 5.57 Å². The van der Waals surface area contributed by atoms with E-state index in [-0.39, 0.29) is 11.0 Å². The van der Waals surface area contributed by atoms with Crippen molar-refractivity contribution in [3.8, 4) is 5.75 Å². The maximum Gasteiger partial charge on any atom is 0.250 e. The number of hydrogen-bond acceptors (Lipinski definition) is 3. The molecule has 1 aliphatic carbocycles. The maximum atomic E-state index is 14.2. The molecule has 1 aromatic rings. The standard InChI is InChI=1S/C27H33FN2O3/c1-17(11-13-21-19(3)10-7-15-27(21,4)5)8-6-9-18(2)16-23(32)30-25-20(26(29)33)12-14-22(31)24(25)28/h6,8-9,11-14,16,31H,7,10,15H2,1-5H3,(H2,29,33)(H,30,32). The van der Waals surface area contributed by atoms with E-state index in [9.17, 15) is 19.1 Å². The number of nitrogens with two attached hydrogens (primary N) is 1. The van der Waals surface area contributed by atoms with Crippen molar-refractivity contribution in [3.63, 3.8) is 0 Å². The number of phenols is 1. The van der Waals surface area contributed by atoms with Gasteiger partial charge in [-0.25, -0.2) is 4.39 Å². The van der Waals surface area contributed by atoms with Crippen molar-refractivity contribution in [3.05, 3.63) is 82.3 Å². The Hall–Kier alpha value is -3.41. The molecule has 1 aliphatic rings. The van der Waals surface area contributed by atoms with Gasteiger partial charge in [0.15, 0.2) is 11.6 Å². The molecule has 4 N–H and O–H groups in total. The van der Waals surface area contributed by atoms with E-state index in [2.05, 4.69) is 38.2 Å². The highest BCUT2D eigenvalue weighted by Crippen LogP contribution is 2.40. The Kier molecular flexibility index (Phi) is 8.57. The van der Waals surface area contributed by atoms with Gasteiger partial charge in [0, 0.05) is 6.08 Å². The molecule has 2 amide bonds. The number of hydrogen-bond donors (Lipinski definition) is 3. The fraction of sp³-hybridized carbons (Fsp3) is 0.333. The molecule has 0 atom stereocenters. The number of primary amides is 1. The van der Waals surface area contributed by atoms with Gasteiger partial charge in [0.25, 0.3) is 5.91 Å². The second-order valence-electron chi connectivity index (χ2n) is 9.10.